The molecule has 16 heavy (non-hydrogen) atoms. The third kappa shape index (κ3) is 2.46. The fraction of sp³-hybridized carbons (Fsp3) is 0.333. The van der Waals surface area contributed by atoms with E-state index < -0.39 is 6.10 Å². The van der Waals surface area contributed by atoms with E-state index in [0.29, 0.717) is 6.42 Å². The molecule has 0 bridgehead atoms. The first-order chi connectivity index (χ1) is 7.66. The van der Waals surface area contributed by atoms with Crippen LogP contribution in [0.2, 0.25) is 0 Å². The minimum atomic E-state index is -0.493. The first-order valence-corrected chi connectivity index (χ1v) is 6.06. The molecule has 0 aromatic carbocycles. The molecular formula is C12H14N2OS. The number of hydrogen-bond donors (Lipinski definition) is 1. The molecule has 1 unspecified atom stereocenters. The number of aryl methyl sites for hydroxylation is 2. The summed E-state index contributed by atoms with van der Waals surface area (Å²) in [5.74, 6) is 0. The number of aliphatic hydroxyl groups is 1. The first-order valence-electron chi connectivity index (χ1n) is 5.18. The number of rotatable bonds is 3. The van der Waals surface area contributed by atoms with Crippen molar-refractivity contribution in [3.63, 3.8) is 0 Å². The van der Waals surface area contributed by atoms with Crippen molar-refractivity contribution in [1.82, 2.24) is 10.2 Å². The van der Waals surface area contributed by atoms with Gasteiger partial charge in [-0.05, 0) is 31.4 Å². The molecular weight excluding hydrogens is 220 g/mol. The summed E-state index contributed by atoms with van der Waals surface area (Å²) in [7, 11) is 0. The maximum atomic E-state index is 10.1. The van der Waals surface area contributed by atoms with Gasteiger partial charge in [-0.15, -0.1) is 11.3 Å². The van der Waals surface area contributed by atoms with E-state index in [9.17, 15) is 5.11 Å². The standard InChI is InChI=1S/C12H14N2OS/c1-8-6-11(9(2)14-13-8)12(15)7-10-4-3-5-16-10/h3-6,12,15H,7H2,1-2H3. The number of nitrogens with zero attached hydrogens (tertiary/aromatic N) is 2. The molecule has 2 aromatic heterocycles. The summed E-state index contributed by atoms with van der Waals surface area (Å²) in [6.45, 7) is 3.76. The molecule has 84 valence electrons. The SMILES string of the molecule is Cc1cc(C(O)Cc2cccs2)c(C)nn1. The highest BCUT2D eigenvalue weighted by Crippen LogP contribution is 2.22. The summed E-state index contributed by atoms with van der Waals surface area (Å²) in [6.07, 6.45) is 0.150. The molecule has 0 aliphatic heterocycles. The smallest absolute Gasteiger partial charge is 0.0857 e. The van der Waals surface area contributed by atoms with E-state index in [2.05, 4.69) is 10.2 Å². The van der Waals surface area contributed by atoms with Crippen LogP contribution >= 0.6 is 11.3 Å². The predicted octanol–water partition coefficient (Wildman–Crippen LogP) is 2.43. The van der Waals surface area contributed by atoms with Gasteiger partial charge in [0.15, 0.2) is 0 Å². The largest absolute Gasteiger partial charge is 0.388 e. The third-order valence-electron chi connectivity index (χ3n) is 2.47. The molecule has 3 nitrogen and oxygen atoms in total. The molecule has 2 heterocycles. The first kappa shape index (κ1) is 11.2. The van der Waals surface area contributed by atoms with Crippen molar-refractivity contribution in [3.05, 3.63) is 45.4 Å². The normalized spacial score (nSPS) is 12.7. The Hall–Kier alpha value is -1.26. The van der Waals surface area contributed by atoms with E-state index in [1.165, 1.54) is 4.88 Å². The Morgan fingerprint density at radius 3 is 2.88 bits per heavy atom. The molecule has 0 aliphatic carbocycles. The quantitative estimate of drug-likeness (QED) is 0.887. The van der Waals surface area contributed by atoms with Crippen LogP contribution in [0.5, 0.6) is 0 Å². The Labute approximate surface area is 98.8 Å². The van der Waals surface area contributed by atoms with Crippen LogP contribution in [-0.4, -0.2) is 15.3 Å². The van der Waals surface area contributed by atoms with Gasteiger partial charge in [-0.25, -0.2) is 0 Å². The van der Waals surface area contributed by atoms with Crippen LogP contribution in [0.4, 0.5) is 0 Å². The van der Waals surface area contributed by atoms with Crippen molar-refractivity contribution in [2.75, 3.05) is 0 Å². The van der Waals surface area contributed by atoms with E-state index in [1.807, 2.05) is 37.4 Å². The summed E-state index contributed by atoms with van der Waals surface area (Å²) in [5, 5.41) is 20.1. The zero-order valence-electron chi connectivity index (χ0n) is 9.34. The predicted molar refractivity (Wildman–Crippen MR) is 64.5 cm³/mol. The molecule has 0 radical (unpaired) electrons. The lowest BCUT2D eigenvalue weighted by Crippen LogP contribution is -2.06. The van der Waals surface area contributed by atoms with Gasteiger partial charge in [0.25, 0.3) is 0 Å². The van der Waals surface area contributed by atoms with Gasteiger partial charge in [0.05, 0.1) is 17.5 Å². The van der Waals surface area contributed by atoms with Gasteiger partial charge in [-0.2, -0.15) is 10.2 Å². The number of aromatic nitrogens is 2. The van der Waals surface area contributed by atoms with Gasteiger partial charge < -0.3 is 5.11 Å². The summed E-state index contributed by atoms with van der Waals surface area (Å²) < 4.78 is 0. The van der Waals surface area contributed by atoms with Gasteiger partial charge in [0, 0.05) is 16.9 Å². The van der Waals surface area contributed by atoms with Crippen molar-refractivity contribution in [2.24, 2.45) is 0 Å². The van der Waals surface area contributed by atoms with Crippen molar-refractivity contribution in [1.29, 1.82) is 0 Å². The lowest BCUT2D eigenvalue weighted by atomic mass is 10.0. The van der Waals surface area contributed by atoms with Crippen LogP contribution in [0.3, 0.4) is 0 Å². The highest BCUT2D eigenvalue weighted by molar-refractivity contribution is 7.09. The fourth-order valence-electron chi connectivity index (χ4n) is 1.64. The second kappa shape index (κ2) is 4.72. The molecule has 0 aliphatic rings. The van der Waals surface area contributed by atoms with Crippen molar-refractivity contribution in [2.45, 2.75) is 26.4 Å². The van der Waals surface area contributed by atoms with Crippen LogP contribution in [0.25, 0.3) is 0 Å². The zero-order valence-corrected chi connectivity index (χ0v) is 10.2. The highest BCUT2D eigenvalue weighted by atomic mass is 32.1. The second-order valence-corrected chi connectivity index (χ2v) is 4.86. The highest BCUT2D eigenvalue weighted by Gasteiger charge is 2.13. The van der Waals surface area contributed by atoms with Crippen LogP contribution in [-0.2, 0) is 6.42 Å². The van der Waals surface area contributed by atoms with Gasteiger partial charge in [-0.1, -0.05) is 6.07 Å². The molecule has 1 atom stereocenters. The molecule has 0 saturated heterocycles. The zero-order chi connectivity index (χ0) is 11.5. The second-order valence-electron chi connectivity index (χ2n) is 3.83. The Kier molecular flexibility index (Phi) is 3.31. The third-order valence-corrected chi connectivity index (χ3v) is 3.37. The lowest BCUT2D eigenvalue weighted by molar-refractivity contribution is 0.178. The Morgan fingerprint density at radius 2 is 2.19 bits per heavy atom. The average Bonchev–Trinajstić information content (AvgIpc) is 2.74. The van der Waals surface area contributed by atoms with Gasteiger partial charge in [0.2, 0.25) is 0 Å². The number of thiophene rings is 1. The van der Waals surface area contributed by atoms with E-state index >= 15 is 0 Å². The molecule has 1 N–H and O–H groups in total. The minimum absolute atomic E-state index is 0.493. The topological polar surface area (TPSA) is 46.0 Å². The Balaban J connectivity index is 2.20. The Bertz CT molecular complexity index is 468. The molecule has 4 heteroatoms. The number of aliphatic hydroxyl groups excluding tert-OH is 1. The lowest BCUT2D eigenvalue weighted by Gasteiger charge is -2.12. The summed E-state index contributed by atoms with van der Waals surface area (Å²) in [5.41, 5.74) is 2.52. The average molecular weight is 234 g/mol. The van der Waals surface area contributed by atoms with Crippen LogP contribution in [0, 0.1) is 13.8 Å². The monoisotopic (exact) mass is 234 g/mol. The molecule has 0 spiro atoms. The van der Waals surface area contributed by atoms with Crippen LogP contribution in [0.15, 0.2) is 23.6 Å². The molecule has 0 saturated carbocycles. The van der Waals surface area contributed by atoms with Crippen LogP contribution < -0.4 is 0 Å². The summed E-state index contributed by atoms with van der Waals surface area (Å²) >= 11 is 1.66. The minimum Gasteiger partial charge on any atom is -0.388 e. The molecule has 0 amide bonds. The van der Waals surface area contributed by atoms with Gasteiger partial charge in [-0.3, -0.25) is 0 Å². The number of hydrogen-bond acceptors (Lipinski definition) is 4. The van der Waals surface area contributed by atoms with E-state index in [-0.39, 0.29) is 0 Å². The Morgan fingerprint density at radius 1 is 1.38 bits per heavy atom. The van der Waals surface area contributed by atoms with Crippen LogP contribution in [0.1, 0.15) is 27.9 Å². The van der Waals surface area contributed by atoms with E-state index in [1.54, 1.807) is 11.3 Å². The van der Waals surface area contributed by atoms with E-state index in [0.717, 1.165) is 17.0 Å². The maximum Gasteiger partial charge on any atom is 0.0857 e. The van der Waals surface area contributed by atoms with Crippen molar-refractivity contribution < 1.29 is 5.11 Å². The summed E-state index contributed by atoms with van der Waals surface area (Å²) in [6, 6.07) is 5.93. The van der Waals surface area contributed by atoms with Gasteiger partial charge in [0.1, 0.15) is 0 Å². The molecule has 0 fully saturated rings. The summed E-state index contributed by atoms with van der Waals surface area (Å²) in [4.78, 5) is 1.18. The van der Waals surface area contributed by atoms with E-state index in [4.69, 9.17) is 0 Å². The molecule has 2 aromatic rings. The van der Waals surface area contributed by atoms with Crippen molar-refractivity contribution in [3.8, 4) is 0 Å². The fourth-order valence-corrected chi connectivity index (χ4v) is 2.38. The maximum absolute atomic E-state index is 10.1. The molecule has 2 rings (SSSR count). The van der Waals surface area contributed by atoms with Crippen molar-refractivity contribution >= 4 is 11.3 Å². The van der Waals surface area contributed by atoms with Gasteiger partial charge >= 0.3 is 0 Å².